The van der Waals surface area contributed by atoms with Gasteiger partial charge in [-0.15, -0.1) is 5.10 Å². The van der Waals surface area contributed by atoms with Crippen molar-refractivity contribution in [3.05, 3.63) is 65.9 Å². The quantitative estimate of drug-likeness (QED) is 0.678. The SMILES string of the molecule is COc1ccccc1-c1c(C=O)nnn1C(C)c1ccccc1. The molecule has 0 aliphatic rings. The molecule has 23 heavy (non-hydrogen) atoms. The van der Waals surface area contributed by atoms with Crippen LogP contribution in [0.5, 0.6) is 5.75 Å². The molecule has 0 radical (unpaired) electrons. The molecule has 1 heterocycles. The number of carbonyl (C=O) groups is 1. The zero-order valence-corrected chi connectivity index (χ0v) is 13.0. The molecule has 1 unspecified atom stereocenters. The van der Waals surface area contributed by atoms with Gasteiger partial charge in [0, 0.05) is 5.56 Å². The Morgan fingerprint density at radius 3 is 2.48 bits per heavy atom. The molecule has 5 heteroatoms. The van der Waals surface area contributed by atoms with E-state index < -0.39 is 0 Å². The van der Waals surface area contributed by atoms with Crippen LogP contribution in [-0.4, -0.2) is 28.4 Å². The standard InChI is InChI=1S/C18H17N3O2/c1-13(14-8-4-3-5-9-14)21-18(16(12-22)19-20-21)15-10-6-7-11-17(15)23-2/h3-13H,1-2H3. The molecule has 0 aliphatic carbocycles. The molecular formula is C18H17N3O2. The number of methoxy groups -OCH3 is 1. The summed E-state index contributed by atoms with van der Waals surface area (Å²) < 4.78 is 7.19. The second-order valence-corrected chi connectivity index (χ2v) is 5.17. The van der Waals surface area contributed by atoms with E-state index in [0.717, 1.165) is 17.4 Å². The molecule has 5 nitrogen and oxygen atoms in total. The molecule has 0 aliphatic heterocycles. The molecule has 0 fully saturated rings. The minimum absolute atomic E-state index is 0.0580. The number of ether oxygens (including phenoxy) is 1. The summed E-state index contributed by atoms with van der Waals surface area (Å²) in [5, 5.41) is 8.22. The minimum Gasteiger partial charge on any atom is -0.496 e. The average molecular weight is 307 g/mol. The Morgan fingerprint density at radius 2 is 1.78 bits per heavy atom. The van der Waals surface area contributed by atoms with Crippen molar-refractivity contribution in [1.82, 2.24) is 15.0 Å². The van der Waals surface area contributed by atoms with Gasteiger partial charge in [0.2, 0.25) is 0 Å². The first-order chi connectivity index (χ1) is 11.3. The fourth-order valence-electron chi connectivity index (χ4n) is 2.63. The van der Waals surface area contributed by atoms with Gasteiger partial charge in [-0.25, -0.2) is 4.68 Å². The van der Waals surface area contributed by atoms with Gasteiger partial charge < -0.3 is 4.74 Å². The number of aldehydes is 1. The summed E-state index contributed by atoms with van der Waals surface area (Å²) in [5.74, 6) is 0.680. The lowest BCUT2D eigenvalue weighted by molar-refractivity contribution is 0.111. The zero-order chi connectivity index (χ0) is 16.2. The predicted molar refractivity (Wildman–Crippen MR) is 87.7 cm³/mol. The molecule has 0 bridgehead atoms. The Labute approximate surface area is 134 Å². The Balaban J connectivity index is 2.17. The van der Waals surface area contributed by atoms with Gasteiger partial charge in [-0.3, -0.25) is 4.79 Å². The van der Waals surface area contributed by atoms with E-state index in [9.17, 15) is 4.79 Å². The summed E-state index contributed by atoms with van der Waals surface area (Å²) in [6.07, 6.45) is 0.725. The van der Waals surface area contributed by atoms with E-state index >= 15 is 0 Å². The maximum Gasteiger partial charge on any atom is 0.172 e. The van der Waals surface area contributed by atoms with E-state index in [2.05, 4.69) is 10.3 Å². The number of aromatic nitrogens is 3. The normalized spacial score (nSPS) is 11.9. The number of hydrogen-bond donors (Lipinski definition) is 0. The van der Waals surface area contributed by atoms with E-state index in [1.165, 1.54) is 0 Å². The minimum atomic E-state index is -0.0580. The van der Waals surface area contributed by atoms with Crippen LogP contribution < -0.4 is 4.74 Å². The van der Waals surface area contributed by atoms with E-state index in [-0.39, 0.29) is 6.04 Å². The van der Waals surface area contributed by atoms with Crippen LogP contribution in [0.3, 0.4) is 0 Å². The third kappa shape index (κ3) is 2.73. The van der Waals surface area contributed by atoms with Crippen molar-refractivity contribution >= 4 is 6.29 Å². The van der Waals surface area contributed by atoms with Crippen molar-refractivity contribution in [3.63, 3.8) is 0 Å². The fraction of sp³-hybridized carbons (Fsp3) is 0.167. The van der Waals surface area contributed by atoms with Crippen molar-refractivity contribution < 1.29 is 9.53 Å². The van der Waals surface area contributed by atoms with Gasteiger partial charge in [-0.05, 0) is 24.6 Å². The summed E-state index contributed by atoms with van der Waals surface area (Å²) in [6, 6.07) is 17.5. The highest BCUT2D eigenvalue weighted by atomic mass is 16.5. The van der Waals surface area contributed by atoms with Gasteiger partial charge in [0.15, 0.2) is 12.0 Å². The largest absolute Gasteiger partial charge is 0.496 e. The van der Waals surface area contributed by atoms with Crippen LogP contribution in [0.2, 0.25) is 0 Å². The summed E-state index contributed by atoms with van der Waals surface area (Å²) in [5.41, 5.74) is 2.85. The van der Waals surface area contributed by atoms with Gasteiger partial charge in [0.1, 0.15) is 11.4 Å². The topological polar surface area (TPSA) is 57.0 Å². The zero-order valence-electron chi connectivity index (χ0n) is 13.0. The highest BCUT2D eigenvalue weighted by molar-refractivity contribution is 5.85. The van der Waals surface area contributed by atoms with Crippen molar-refractivity contribution in [2.45, 2.75) is 13.0 Å². The van der Waals surface area contributed by atoms with E-state index in [0.29, 0.717) is 17.1 Å². The number of nitrogens with zero attached hydrogens (tertiary/aromatic N) is 3. The molecule has 2 aromatic carbocycles. The highest BCUT2D eigenvalue weighted by Gasteiger charge is 2.21. The molecule has 0 N–H and O–H groups in total. The second kappa shape index (κ2) is 6.44. The van der Waals surface area contributed by atoms with Crippen LogP contribution in [0.25, 0.3) is 11.3 Å². The van der Waals surface area contributed by atoms with Crippen LogP contribution >= 0.6 is 0 Å². The van der Waals surface area contributed by atoms with E-state index in [1.807, 2.05) is 61.5 Å². The highest BCUT2D eigenvalue weighted by Crippen LogP contribution is 2.33. The van der Waals surface area contributed by atoms with E-state index in [4.69, 9.17) is 4.74 Å². The summed E-state index contributed by atoms with van der Waals surface area (Å²) in [7, 11) is 1.61. The Morgan fingerprint density at radius 1 is 1.09 bits per heavy atom. The van der Waals surface area contributed by atoms with Gasteiger partial charge in [-0.2, -0.15) is 0 Å². The van der Waals surface area contributed by atoms with Crippen LogP contribution in [-0.2, 0) is 0 Å². The molecule has 0 spiro atoms. The van der Waals surface area contributed by atoms with Gasteiger partial charge in [0.25, 0.3) is 0 Å². The van der Waals surface area contributed by atoms with Crippen LogP contribution in [0.15, 0.2) is 54.6 Å². The molecule has 3 aromatic rings. The van der Waals surface area contributed by atoms with Crippen LogP contribution in [0.4, 0.5) is 0 Å². The Hall–Kier alpha value is -2.95. The Kier molecular flexibility index (Phi) is 4.19. The van der Waals surface area contributed by atoms with Gasteiger partial charge in [-0.1, -0.05) is 47.7 Å². The smallest absolute Gasteiger partial charge is 0.172 e. The first kappa shape index (κ1) is 15.0. The monoisotopic (exact) mass is 307 g/mol. The van der Waals surface area contributed by atoms with Crippen molar-refractivity contribution in [1.29, 1.82) is 0 Å². The number of para-hydroxylation sites is 1. The van der Waals surface area contributed by atoms with Crippen LogP contribution in [0.1, 0.15) is 29.0 Å². The number of rotatable bonds is 5. The maximum absolute atomic E-state index is 11.4. The Bertz CT molecular complexity index is 812. The van der Waals surface area contributed by atoms with Crippen LogP contribution in [0, 0.1) is 0 Å². The number of carbonyl (C=O) groups excluding carboxylic acids is 1. The molecule has 0 saturated heterocycles. The predicted octanol–water partition coefficient (Wildman–Crippen LogP) is 3.38. The molecule has 1 aromatic heterocycles. The molecule has 116 valence electrons. The first-order valence-corrected chi connectivity index (χ1v) is 7.35. The van der Waals surface area contributed by atoms with Crippen molar-refractivity contribution in [2.24, 2.45) is 0 Å². The number of benzene rings is 2. The second-order valence-electron chi connectivity index (χ2n) is 5.17. The number of hydrogen-bond acceptors (Lipinski definition) is 4. The molecule has 0 amide bonds. The third-order valence-electron chi connectivity index (χ3n) is 3.84. The molecule has 3 rings (SSSR count). The summed E-state index contributed by atoms with van der Waals surface area (Å²) in [4.78, 5) is 11.4. The van der Waals surface area contributed by atoms with Crippen molar-refractivity contribution in [2.75, 3.05) is 7.11 Å². The lowest BCUT2D eigenvalue weighted by Gasteiger charge is -2.16. The summed E-state index contributed by atoms with van der Waals surface area (Å²) >= 11 is 0. The molecule has 0 saturated carbocycles. The fourth-order valence-corrected chi connectivity index (χ4v) is 2.63. The average Bonchev–Trinajstić information content (AvgIpc) is 3.05. The summed E-state index contributed by atoms with van der Waals surface area (Å²) in [6.45, 7) is 2.03. The first-order valence-electron chi connectivity index (χ1n) is 7.35. The van der Waals surface area contributed by atoms with Gasteiger partial charge >= 0.3 is 0 Å². The lowest BCUT2D eigenvalue weighted by atomic mass is 10.1. The van der Waals surface area contributed by atoms with Crippen molar-refractivity contribution in [3.8, 4) is 17.0 Å². The molecular weight excluding hydrogens is 290 g/mol. The van der Waals surface area contributed by atoms with Gasteiger partial charge in [0.05, 0.1) is 13.2 Å². The van der Waals surface area contributed by atoms with E-state index in [1.54, 1.807) is 11.8 Å². The molecule has 1 atom stereocenters. The third-order valence-corrected chi connectivity index (χ3v) is 3.84. The maximum atomic E-state index is 11.4. The lowest BCUT2D eigenvalue weighted by Crippen LogP contribution is -2.11.